The molecule has 1 nitrogen and oxygen atoms in total. The Labute approximate surface area is 71.8 Å². The van der Waals surface area contributed by atoms with Crippen molar-refractivity contribution in [3.63, 3.8) is 0 Å². The van der Waals surface area contributed by atoms with Gasteiger partial charge in [0.15, 0.2) is 5.78 Å². The lowest BCUT2D eigenvalue weighted by atomic mass is 9.96. The van der Waals surface area contributed by atoms with Gasteiger partial charge in [-0.25, -0.2) is 0 Å². The molecule has 1 rings (SSSR count). The van der Waals surface area contributed by atoms with E-state index in [0.29, 0.717) is 10.6 Å². The quantitative estimate of drug-likeness (QED) is 0.483. The first-order valence-corrected chi connectivity index (χ1v) is 3.60. The standard InChI is InChI=1S/C8H6BClO/c9-5-8(11)6-2-1-3-7(10)4-6/h1-4H,5H2. The Bertz CT molecular complexity index is 273. The molecule has 0 aliphatic carbocycles. The number of ketones is 1. The van der Waals surface area contributed by atoms with Gasteiger partial charge in [0.05, 0.1) is 7.85 Å². The van der Waals surface area contributed by atoms with Gasteiger partial charge in [-0.2, -0.15) is 0 Å². The van der Waals surface area contributed by atoms with Gasteiger partial charge in [0.25, 0.3) is 0 Å². The fourth-order valence-corrected chi connectivity index (χ4v) is 0.970. The van der Waals surface area contributed by atoms with Gasteiger partial charge in [-0.1, -0.05) is 23.7 Å². The molecule has 0 aliphatic heterocycles. The highest BCUT2D eigenvalue weighted by atomic mass is 35.5. The largest absolute Gasteiger partial charge is 0.295 e. The van der Waals surface area contributed by atoms with Crippen molar-refractivity contribution in [1.29, 1.82) is 0 Å². The molecule has 0 saturated heterocycles. The molecule has 0 N–H and O–H groups in total. The third kappa shape index (κ3) is 2.09. The Morgan fingerprint density at radius 1 is 1.55 bits per heavy atom. The van der Waals surface area contributed by atoms with Crippen LogP contribution in [0.4, 0.5) is 0 Å². The van der Waals surface area contributed by atoms with Crippen LogP contribution in [0.5, 0.6) is 0 Å². The molecule has 0 fully saturated rings. The van der Waals surface area contributed by atoms with E-state index in [1.54, 1.807) is 24.3 Å². The molecule has 1 aromatic rings. The molecular weight excluding hydrogens is 158 g/mol. The van der Waals surface area contributed by atoms with E-state index in [1.807, 2.05) is 0 Å². The lowest BCUT2D eigenvalue weighted by molar-refractivity contribution is 0.101. The molecule has 0 aromatic heterocycles. The zero-order chi connectivity index (χ0) is 8.27. The van der Waals surface area contributed by atoms with Crippen LogP contribution >= 0.6 is 11.6 Å². The molecule has 0 atom stereocenters. The number of rotatable bonds is 2. The van der Waals surface area contributed by atoms with Crippen LogP contribution in [0.3, 0.4) is 0 Å². The lowest BCUT2D eigenvalue weighted by Crippen LogP contribution is -1.96. The highest BCUT2D eigenvalue weighted by molar-refractivity contribution is 6.31. The molecule has 3 heteroatoms. The summed E-state index contributed by atoms with van der Waals surface area (Å²) in [6.45, 7) is 0. The summed E-state index contributed by atoms with van der Waals surface area (Å²) >= 11 is 5.65. The first-order chi connectivity index (χ1) is 5.24. The highest BCUT2D eigenvalue weighted by Gasteiger charge is 2.01. The van der Waals surface area contributed by atoms with Crippen LogP contribution in [0.2, 0.25) is 11.3 Å². The van der Waals surface area contributed by atoms with Crippen LogP contribution in [0.1, 0.15) is 10.4 Å². The summed E-state index contributed by atoms with van der Waals surface area (Å²) in [4.78, 5) is 11.0. The summed E-state index contributed by atoms with van der Waals surface area (Å²) in [5.74, 6) is -0.0903. The summed E-state index contributed by atoms with van der Waals surface area (Å²) in [5.41, 5.74) is 0.569. The average Bonchev–Trinajstić information content (AvgIpc) is 2.03. The first-order valence-electron chi connectivity index (χ1n) is 3.23. The van der Waals surface area contributed by atoms with Gasteiger partial charge in [-0.15, -0.1) is 0 Å². The Hall–Kier alpha value is -0.755. The van der Waals surface area contributed by atoms with Gasteiger partial charge in [-0.05, 0) is 18.5 Å². The van der Waals surface area contributed by atoms with Gasteiger partial charge in [-0.3, -0.25) is 4.79 Å². The Morgan fingerprint density at radius 2 is 2.27 bits per heavy atom. The Morgan fingerprint density at radius 3 is 2.82 bits per heavy atom. The maximum atomic E-state index is 11.0. The smallest absolute Gasteiger partial charge is 0.154 e. The summed E-state index contributed by atoms with van der Waals surface area (Å²) < 4.78 is 0. The fraction of sp³-hybridized carbons (Fsp3) is 0.125. The topological polar surface area (TPSA) is 17.1 Å². The van der Waals surface area contributed by atoms with Crippen LogP contribution in [0.25, 0.3) is 0 Å². The van der Waals surface area contributed by atoms with E-state index in [-0.39, 0.29) is 12.1 Å². The Balaban J connectivity index is 2.96. The van der Waals surface area contributed by atoms with Crippen molar-refractivity contribution >= 4 is 25.2 Å². The van der Waals surface area contributed by atoms with Crippen molar-refractivity contribution in [1.82, 2.24) is 0 Å². The number of halogens is 1. The number of benzene rings is 1. The number of carbonyl (C=O) groups excluding carboxylic acids is 1. The molecule has 0 saturated carbocycles. The lowest BCUT2D eigenvalue weighted by Gasteiger charge is -1.96. The molecule has 1 aromatic carbocycles. The second-order valence-corrected chi connectivity index (χ2v) is 2.57. The van der Waals surface area contributed by atoms with Gasteiger partial charge in [0.1, 0.15) is 0 Å². The molecule has 0 bridgehead atoms. The normalized spacial score (nSPS) is 9.55. The molecule has 11 heavy (non-hydrogen) atoms. The van der Waals surface area contributed by atoms with E-state index in [0.717, 1.165) is 0 Å². The molecule has 0 spiro atoms. The van der Waals surface area contributed by atoms with E-state index >= 15 is 0 Å². The van der Waals surface area contributed by atoms with Crippen LogP contribution in [0.15, 0.2) is 24.3 Å². The summed E-state index contributed by atoms with van der Waals surface area (Å²) in [5, 5.41) is 0.560. The Kier molecular flexibility index (Phi) is 2.72. The van der Waals surface area contributed by atoms with Gasteiger partial charge in [0, 0.05) is 10.6 Å². The minimum absolute atomic E-state index is 0.0281. The van der Waals surface area contributed by atoms with Crippen molar-refractivity contribution in [2.24, 2.45) is 0 Å². The third-order valence-electron chi connectivity index (χ3n) is 1.33. The minimum atomic E-state index is -0.0903. The van der Waals surface area contributed by atoms with Crippen LogP contribution in [-0.2, 0) is 0 Å². The molecule has 0 amide bonds. The second kappa shape index (κ2) is 3.58. The zero-order valence-electron chi connectivity index (χ0n) is 5.88. The van der Waals surface area contributed by atoms with Crippen LogP contribution in [-0.4, -0.2) is 13.6 Å². The summed E-state index contributed by atoms with van der Waals surface area (Å²) in [7, 11) is 5.16. The third-order valence-corrected chi connectivity index (χ3v) is 1.57. The van der Waals surface area contributed by atoms with Crippen LogP contribution in [0, 0.1) is 0 Å². The highest BCUT2D eigenvalue weighted by Crippen LogP contribution is 2.11. The average molecular weight is 164 g/mol. The maximum absolute atomic E-state index is 11.0. The van der Waals surface area contributed by atoms with Crippen molar-refractivity contribution in [2.75, 3.05) is 0 Å². The predicted octanol–water partition coefficient (Wildman–Crippen LogP) is 2.11. The SMILES string of the molecule is [B]CC(=O)c1cccc(Cl)c1. The number of Topliss-reactive ketones (excluding diaryl/α,β-unsaturated/α-hetero) is 1. The zero-order valence-corrected chi connectivity index (χ0v) is 6.64. The fourth-order valence-electron chi connectivity index (χ4n) is 0.780. The van der Waals surface area contributed by atoms with Crippen molar-refractivity contribution in [2.45, 2.75) is 6.32 Å². The van der Waals surface area contributed by atoms with Crippen molar-refractivity contribution in [3.05, 3.63) is 34.9 Å². The predicted molar refractivity (Wildman–Crippen MR) is 46.3 cm³/mol. The van der Waals surface area contributed by atoms with E-state index in [9.17, 15) is 4.79 Å². The first kappa shape index (κ1) is 8.34. The van der Waals surface area contributed by atoms with E-state index < -0.39 is 0 Å². The molecule has 0 heterocycles. The molecule has 0 unspecified atom stereocenters. The van der Waals surface area contributed by atoms with E-state index in [4.69, 9.17) is 19.4 Å². The number of hydrogen-bond donors (Lipinski definition) is 0. The number of hydrogen-bond acceptors (Lipinski definition) is 1. The summed E-state index contributed by atoms with van der Waals surface area (Å²) in [6, 6.07) is 6.75. The molecule has 54 valence electrons. The maximum Gasteiger partial charge on any atom is 0.154 e. The van der Waals surface area contributed by atoms with Crippen LogP contribution < -0.4 is 0 Å². The summed E-state index contributed by atoms with van der Waals surface area (Å²) in [6.07, 6.45) is 0.0281. The van der Waals surface area contributed by atoms with E-state index in [1.165, 1.54) is 0 Å². The second-order valence-electron chi connectivity index (χ2n) is 2.14. The van der Waals surface area contributed by atoms with E-state index in [2.05, 4.69) is 0 Å². The van der Waals surface area contributed by atoms with Gasteiger partial charge in [0.2, 0.25) is 0 Å². The number of carbonyl (C=O) groups is 1. The molecule has 0 aliphatic rings. The van der Waals surface area contributed by atoms with Crippen molar-refractivity contribution < 1.29 is 4.79 Å². The van der Waals surface area contributed by atoms with Gasteiger partial charge < -0.3 is 0 Å². The molecule has 2 radical (unpaired) electrons. The molecular formula is C8H6BClO. The van der Waals surface area contributed by atoms with Crippen molar-refractivity contribution in [3.8, 4) is 0 Å². The van der Waals surface area contributed by atoms with Gasteiger partial charge >= 0.3 is 0 Å². The monoisotopic (exact) mass is 164 g/mol. The minimum Gasteiger partial charge on any atom is -0.295 e.